The molecule has 1 aliphatic rings. The number of carbonyl (C=O) groups is 1. The van der Waals surface area contributed by atoms with Crippen LogP contribution in [0.5, 0.6) is 11.6 Å². The molecule has 0 bridgehead atoms. The van der Waals surface area contributed by atoms with Gasteiger partial charge in [-0.05, 0) is 62.4 Å². The monoisotopic (exact) mass is 412 g/mol. The molecule has 1 heterocycles. The molecule has 0 saturated carbocycles. The van der Waals surface area contributed by atoms with E-state index in [1.807, 2.05) is 0 Å². The van der Waals surface area contributed by atoms with Gasteiger partial charge in [0.15, 0.2) is 12.4 Å². The van der Waals surface area contributed by atoms with E-state index in [-0.39, 0.29) is 24.2 Å². The number of ether oxygens (including phenoxy) is 1. The van der Waals surface area contributed by atoms with Crippen LogP contribution in [-0.4, -0.2) is 29.9 Å². The second-order valence-electron chi connectivity index (χ2n) is 6.90. The molecule has 1 amide bonds. The quantitative estimate of drug-likeness (QED) is 0.283. The molecular formula is C22H25FN4O3. The van der Waals surface area contributed by atoms with Gasteiger partial charge >= 0.3 is 0 Å². The van der Waals surface area contributed by atoms with Gasteiger partial charge in [0.1, 0.15) is 11.6 Å². The normalized spacial score (nSPS) is 14.0. The predicted molar refractivity (Wildman–Crippen MR) is 112 cm³/mol. The molecule has 2 aromatic rings. The number of nitrogens with zero attached hydrogens (tertiary/aromatic N) is 2. The van der Waals surface area contributed by atoms with E-state index in [1.54, 1.807) is 12.1 Å². The van der Waals surface area contributed by atoms with Gasteiger partial charge < -0.3 is 20.6 Å². The number of amidine groups is 1. The number of hydrogen-bond acceptors (Lipinski definition) is 5. The summed E-state index contributed by atoms with van der Waals surface area (Å²) >= 11 is 0. The number of oxime groups is 1. The highest BCUT2D eigenvalue weighted by atomic mass is 19.1. The van der Waals surface area contributed by atoms with Crippen LogP contribution in [0.15, 0.2) is 59.4 Å². The van der Waals surface area contributed by atoms with Crippen LogP contribution in [0.1, 0.15) is 37.7 Å². The summed E-state index contributed by atoms with van der Waals surface area (Å²) in [4.78, 5) is 21.0. The summed E-state index contributed by atoms with van der Waals surface area (Å²) in [5.41, 5.74) is 7.79. The zero-order valence-corrected chi connectivity index (χ0v) is 16.6. The van der Waals surface area contributed by atoms with Crippen molar-refractivity contribution in [2.45, 2.75) is 32.1 Å². The zero-order chi connectivity index (χ0) is 21.2. The van der Waals surface area contributed by atoms with Crippen molar-refractivity contribution < 1.29 is 18.8 Å². The van der Waals surface area contributed by atoms with Crippen LogP contribution >= 0.6 is 0 Å². The second-order valence-corrected chi connectivity index (χ2v) is 6.90. The Morgan fingerprint density at radius 2 is 2.03 bits per heavy atom. The maximum atomic E-state index is 12.9. The van der Waals surface area contributed by atoms with Crippen LogP contribution in [0, 0.1) is 5.82 Å². The Morgan fingerprint density at radius 1 is 1.20 bits per heavy atom. The first-order valence-electron chi connectivity index (χ1n) is 9.90. The van der Waals surface area contributed by atoms with Gasteiger partial charge in [0.05, 0.1) is 0 Å². The number of pyridine rings is 1. The smallest absolute Gasteiger partial charge is 0.260 e. The molecule has 0 saturated heterocycles. The van der Waals surface area contributed by atoms with Crippen molar-refractivity contribution in [3.63, 3.8) is 0 Å². The number of amides is 1. The topological polar surface area (TPSA) is 98.8 Å². The lowest BCUT2D eigenvalue weighted by molar-refractivity contribution is -0.125. The van der Waals surface area contributed by atoms with Crippen LogP contribution < -0.4 is 15.8 Å². The molecular weight excluding hydrogens is 387 g/mol. The Balaban J connectivity index is 1.40. The first-order chi connectivity index (χ1) is 14.6. The Morgan fingerprint density at radius 3 is 2.73 bits per heavy atom. The highest BCUT2D eigenvalue weighted by molar-refractivity contribution is 5.96. The summed E-state index contributed by atoms with van der Waals surface area (Å²) < 4.78 is 18.4. The SMILES string of the molecule is N/C(=N/OCC(=O)NCCC1=CCCCC1)c1ccc(Oc2ccc(F)cc2)nc1. The number of benzene rings is 1. The Kier molecular flexibility index (Phi) is 7.77. The molecule has 7 nitrogen and oxygen atoms in total. The van der Waals surface area contributed by atoms with Crippen molar-refractivity contribution in [1.82, 2.24) is 10.3 Å². The molecule has 3 rings (SSSR count). The standard InChI is InChI=1S/C22H25FN4O3/c23-18-7-9-19(10-8-18)30-21-11-6-17(14-26-21)22(24)27-29-15-20(28)25-13-12-16-4-2-1-3-5-16/h4,6-11,14H,1-3,5,12-13,15H2,(H2,24,27)(H,25,28). The Hall–Kier alpha value is -3.42. The van der Waals surface area contributed by atoms with Crippen LogP contribution in [0.25, 0.3) is 0 Å². The van der Waals surface area contributed by atoms with Crippen molar-refractivity contribution in [1.29, 1.82) is 0 Å². The van der Waals surface area contributed by atoms with Crippen molar-refractivity contribution in [2.24, 2.45) is 10.9 Å². The zero-order valence-electron chi connectivity index (χ0n) is 16.6. The number of hydrogen-bond donors (Lipinski definition) is 2. The van der Waals surface area contributed by atoms with Gasteiger partial charge in [0.25, 0.3) is 5.91 Å². The molecule has 0 unspecified atom stereocenters. The molecule has 30 heavy (non-hydrogen) atoms. The fraction of sp³-hybridized carbons (Fsp3) is 0.318. The van der Waals surface area contributed by atoms with Crippen molar-refractivity contribution in [3.05, 3.63) is 65.6 Å². The Bertz CT molecular complexity index is 896. The third-order valence-corrected chi connectivity index (χ3v) is 4.58. The van der Waals surface area contributed by atoms with Gasteiger partial charge in [-0.25, -0.2) is 9.37 Å². The number of carbonyl (C=O) groups excluding carboxylic acids is 1. The van der Waals surface area contributed by atoms with Gasteiger partial charge in [-0.3, -0.25) is 4.79 Å². The highest BCUT2D eigenvalue weighted by Gasteiger charge is 2.07. The average molecular weight is 412 g/mol. The number of allylic oxidation sites excluding steroid dienone is 1. The van der Waals surface area contributed by atoms with E-state index >= 15 is 0 Å². The van der Waals surface area contributed by atoms with Crippen molar-refractivity contribution in [3.8, 4) is 11.6 Å². The molecule has 0 radical (unpaired) electrons. The van der Waals surface area contributed by atoms with E-state index in [9.17, 15) is 9.18 Å². The minimum atomic E-state index is -0.343. The minimum absolute atomic E-state index is 0.0935. The molecule has 1 aliphatic carbocycles. The van der Waals surface area contributed by atoms with Gasteiger partial charge in [0, 0.05) is 24.4 Å². The summed E-state index contributed by atoms with van der Waals surface area (Å²) in [6, 6.07) is 8.88. The molecule has 3 N–H and O–H groups in total. The van der Waals surface area contributed by atoms with Crippen molar-refractivity contribution >= 4 is 11.7 Å². The summed E-state index contributed by atoms with van der Waals surface area (Å²) in [5, 5.41) is 6.57. The summed E-state index contributed by atoms with van der Waals surface area (Å²) in [6.45, 7) is 0.381. The molecule has 1 aromatic heterocycles. The highest BCUT2D eigenvalue weighted by Crippen LogP contribution is 2.20. The van der Waals surface area contributed by atoms with Crippen LogP contribution in [-0.2, 0) is 9.63 Å². The fourth-order valence-corrected chi connectivity index (χ4v) is 2.97. The molecule has 0 atom stereocenters. The van der Waals surface area contributed by atoms with Gasteiger partial charge in [-0.1, -0.05) is 16.8 Å². The predicted octanol–water partition coefficient (Wildman–Crippen LogP) is 3.66. The molecule has 158 valence electrons. The largest absolute Gasteiger partial charge is 0.439 e. The maximum Gasteiger partial charge on any atom is 0.260 e. The number of nitrogens with one attached hydrogen (secondary N) is 1. The molecule has 1 aromatic carbocycles. The molecule has 0 aliphatic heterocycles. The van der Waals surface area contributed by atoms with E-state index in [4.69, 9.17) is 15.3 Å². The molecule has 0 fully saturated rings. The fourth-order valence-electron chi connectivity index (χ4n) is 2.97. The lowest BCUT2D eigenvalue weighted by atomic mass is 9.97. The van der Waals surface area contributed by atoms with Crippen LogP contribution in [0.3, 0.4) is 0 Å². The number of nitrogens with two attached hydrogens (primary N) is 1. The Labute approximate surface area is 174 Å². The third kappa shape index (κ3) is 6.88. The lowest BCUT2D eigenvalue weighted by Crippen LogP contribution is -2.28. The van der Waals surface area contributed by atoms with Gasteiger partial charge in [-0.2, -0.15) is 0 Å². The molecule has 0 spiro atoms. The summed E-state index contributed by atoms with van der Waals surface area (Å²) in [7, 11) is 0. The first kappa shape index (κ1) is 21.3. The first-order valence-corrected chi connectivity index (χ1v) is 9.90. The lowest BCUT2D eigenvalue weighted by Gasteiger charge is -2.12. The van der Waals surface area contributed by atoms with Crippen LogP contribution in [0.2, 0.25) is 0 Å². The maximum absolute atomic E-state index is 12.9. The minimum Gasteiger partial charge on any atom is -0.439 e. The summed E-state index contributed by atoms with van der Waals surface area (Å²) in [5.74, 6) is 0.295. The van der Waals surface area contributed by atoms with E-state index in [0.717, 1.165) is 19.3 Å². The van der Waals surface area contributed by atoms with E-state index in [1.165, 1.54) is 48.9 Å². The van der Waals surface area contributed by atoms with Crippen LogP contribution in [0.4, 0.5) is 4.39 Å². The van der Waals surface area contributed by atoms with Gasteiger partial charge in [0.2, 0.25) is 5.88 Å². The summed E-state index contributed by atoms with van der Waals surface area (Å²) in [6.07, 6.45) is 9.34. The third-order valence-electron chi connectivity index (χ3n) is 4.58. The van der Waals surface area contributed by atoms with Crippen molar-refractivity contribution in [2.75, 3.05) is 13.2 Å². The second kappa shape index (κ2) is 10.9. The number of aromatic nitrogens is 1. The van der Waals surface area contributed by atoms with E-state index in [2.05, 4.69) is 21.5 Å². The van der Waals surface area contributed by atoms with E-state index in [0.29, 0.717) is 23.7 Å². The van der Waals surface area contributed by atoms with E-state index < -0.39 is 0 Å². The average Bonchev–Trinajstić information content (AvgIpc) is 2.76. The number of halogens is 1. The van der Waals surface area contributed by atoms with Gasteiger partial charge in [-0.15, -0.1) is 0 Å². The molecule has 8 heteroatoms. The number of rotatable bonds is 9.